The lowest BCUT2D eigenvalue weighted by atomic mass is 10.1. The minimum Gasteiger partial charge on any atom is -0.277 e. The van der Waals surface area contributed by atoms with Crippen LogP contribution in [0.25, 0.3) is 0 Å². The first-order valence-electron chi connectivity index (χ1n) is 7.77. The summed E-state index contributed by atoms with van der Waals surface area (Å²) in [5.74, 6) is -0.319. The van der Waals surface area contributed by atoms with Crippen LogP contribution in [-0.4, -0.2) is 10.8 Å². The van der Waals surface area contributed by atoms with Gasteiger partial charge in [-0.25, -0.2) is 0 Å². The predicted molar refractivity (Wildman–Crippen MR) is 97.2 cm³/mol. The molecule has 0 spiro atoms. The summed E-state index contributed by atoms with van der Waals surface area (Å²) in [7, 11) is 0. The lowest BCUT2D eigenvalue weighted by Crippen LogP contribution is -2.26. The standard InChI is InChI=1S/C20H16N2O3/c1-15-12-13-16(14-19(15)22(24)25)20(23)21(17-8-4-2-5-9-17)18-10-6-3-7-11-18/h2-14H,1H3. The average molecular weight is 332 g/mol. The highest BCUT2D eigenvalue weighted by atomic mass is 16.6. The molecule has 3 rings (SSSR count). The Kier molecular flexibility index (Phi) is 4.57. The number of amides is 1. The zero-order valence-corrected chi connectivity index (χ0v) is 13.6. The quantitative estimate of drug-likeness (QED) is 0.505. The van der Waals surface area contributed by atoms with Crippen molar-refractivity contribution in [3.05, 3.63) is 100 Å². The van der Waals surface area contributed by atoms with Crippen LogP contribution in [0.3, 0.4) is 0 Å². The summed E-state index contributed by atoms with van der Waals surface area (Å²) in [6.45, 7) is 1.65. The number of carbonyl (C=O) groups is 1. The van der Waals surface area contributed by atoms with Crippen molar-refractivity contribution in [2.45, 2.75) is 6.92 Å². The molecule has 124 valence electrons. The summed E-state index contributed by atoms with van der Waals surface area (Å²) in [5.41, 5.74) is 2.12. The molecule has 0 atom stereocenters. The van der Waals surface area contributed by atoms with Crippen LogP contribution in [0.2, 0.25) is 0 Å². The van der Waals surface area contributed by atoms with Crippen LogP contribution >= 0.6 is 0 Å². The van der Waals surface area contributed by atoms with Gasteiger partial charge in [-0.05, 0) is 37.3 Å². The Morgan fingerprint density at radius 3 is 1.88 bits per heavy atom. The molecule has 0 aliphatic carbocycles. The number of carbonyl (C=O) groups excluding carboxylic acids is 1. The van der Waals surface area contributed by atoms with Gasteiger partial charge < -0.3 is 0 Å². The first-order chi connectivity index (χ1) is 12.1. The van der Waals surface area contributed by atoms with Gasteiger partial charge in [0.15, 0.2) is 0 Å². The predicted octanol–water partition coefficient (Wildman–Crippen LogP) is 4.88. The van der Waals surface area contributed by atoms with Gasteiger partial charge in [0.1, 0.15) is 0 Å². The van der Waals surface area contributed by atoms with Crippen LogP contribution < -0.4 is 4.90 Å². The maximum atomic E-state index is 13.1. The van der Waals surface area contributed by atoms with E-state index >= 15 is 0 Å². The van der Waals surface area contributed by atoms with Gasteiger partial charge in [-0.1, -0.05) is 42.5 Å². The molecule has 0 saturated carbocycles. The number of nitrogens with zero attached hydrogens (tertiary/aromatic N) is 2. The van der Waals surface area contributed by atoms with Crippen molar-refractivity contribution in [1.82, 2.24) is 0 Å². The monoisotopic (exact) mass is 332 g/mol. The molecule has 25 heavy (non-hydrogen) atoms. The third-order valence-electron chi connectivity index (χ3n) is 3.88. The first kappa shape index (κ1) is 16.4. The number of anilines is 2. The Balaban J connectivity index is 2.10. The van der Waals surface area contributed by atoms with E-state index < -0.39 is 4.92 Å². The molecule has 0 aromatic heterocycles. The van der Waals surface area contributed by atoms with Crippen molar-refractivity contribution in [3.63, 3.8) is 0 Å². The molecule has 1 amide bonds. The van der Waals surface area contributed by atoms with Crippen LogP contribution in [0.1, 0.15) is 15.9 Å². The Bertz CT molecular complexity index is 869. The molecule has 3 aromatic rings. The second kappa shape index (κ2) is 6.97. The Morgan fingerprint density at radius 1 is 0.880 bits per heavy atom. The van der Waals surface area contributed by atoms with Crippen LogP contribution in [0.4, 0.5) is 17.1 Å². The highest BCUT2D eigenvalue weighted by Gasteiger charge is 2.22. The molecule has 0 aliphatic heterocycles. The van der Waals surface area contributed by atoms with Crippen molar-refractivity contribution in [1.29, 1.82) is 0 Å². The number of hydrogen-bond donors (Lipinski definition) is 0. The minimum atomic E-state index is -0.471. The fourth-order valence-corrected chi connectivity index (χ4v) is 2.61. The number of rotatable bonds is 4. The Hall–Kier alpha value is -3.47. The van der Waals surface area contributed by atoms with Gasteiger partial charge in [-0.15, -0.1) is 0 Å². The molecular formula is C20H16N2O3. The minimum absolute atomic E-state index is 0.0630. The van der Waals surface area contributed by atoms with Crippen LogP contribution in [-0.2, 0) is 0 Å². The van der Waals surface area contributed by atoms with Gasteiger partial charge in [-0.2, -0.15) is 0 Å². The topological polar surface area (TPSA) is 63.5 Å². The van der Waals surface area contributed by atoms with E-state index in [-0.39, 0.29) is 17.2 Å². The van der Waals surface area contributed by atoms with E-state index in [4.69, 9.17) is 0 Å². The summed E-state index contributed by atoms with van der Waals surface area (Å²) >= 11 is 0. The van der Waals surface area contributed by atoms with E-state index in [1.807, 2.05) is 60.7 Å². The lowest BCUT2D eigenvalue weighted by molar-refractivity contribution is -0.385. The highest BCUT2D eigenvalue weighted by molar-refractivity contribution is 6.11. The highest BCUT2D eigenvalue weighted by Crippen LogP contribution is 2.28. The van der Waals surface area contributed by atoms with Crippen molar-refractivity contribution >= 4 is 23.0 Å². The molecule has 0 unspecified atom stereocenters. The smallest absolute Gasteiger partial charge is 0.273 e. The van der Waals surface area contributed by atoms with Gasteiger partial charge in [0.05, 0.1) is 4.92 Å². The van der Waals surface area contributed by atoms with Crippen molar-refractivity contribution in [3.8, 4) is 0 Å². The lowest BCUT2D eigenvalue weighted by Gasteiger charge is -2.23. The van der Waals surface area contributed by atoms with Gasteiger partial charge in [0.25, 0.3) is 11.6 Å². The third kappa shape index (κ3) is 3.40. The summed E-state index contributed by atoms with van der Waals surface area (Å²) in [6, 6.07) is 23.0. The fraction of sp³-hybridized carbons (Fsp3) is 0.0500. The molecular weight excluding hydrogens is 316 g/mol. The van der Waals surface area contributed by atoms with Gasteiger partial charge in [0, 0.05) is 28.6 Å². The van der Waals surface area contributed by atoms with Gasteiger partial charge in [-0.3, -0.25) is 19.8 Å². The maximum absolute atomic E-state index is 13.1. The molecule has 0 bridgehead atoms. The summed E-state index contributed by atoms with van der Waals surface area (Å²) < 4.78 is 0. The zero-order valence-electron chi connectivity index (χ0n) is 13.6. The van der Waals surface area contributed by atoms with Crippen molar-refractivity contribution in [2.24, 2.45) is 0 Å². The van der Waals surface area contributed by atoms with Crippen molar-refractivity contribution in [2.75, 3.05) is 4.90 Å². The number of para-hydroxylation sites is 2. The normalized spacial score (nSPS) is 10.3. The first-order valence-corrected chi connectivity index (χ1v) is 7.77. The second-order valence-electron chi connectivity index (χ2n) is 5.57. The molecule has 5 nitrogen and oxygen atoms in total. The number of nitro benzene ring substituents is 1. The molecule has 0 saturated heterocycles. The average Bonchev–Trinajstić information content (AvgIpc) is 2.64. The van der Waals surface area contributed by atoms with Gasteiger partial charge in [0.2, 0.25) is 0 Å². The second-order valence-corrected chi connectivity index (χ2v) is 5.57. The molecule has 3 aromatic carbocycles. The van der Waals surface area contributed by atoms with E-state index in [0.717, 1.165) is 0 Å². The Morgan fingerprint density at radius 2 is 1.40 bits per heavy atom. The van der Waals surface area contributed by atoms with E-state index in [0.29, 0.717) is 16.9 Å². The molecule has 5 heteroatoms. The SMILES string of the molecule is Cc1ccc(C(=O)N(c2ccccc2)c2ccccc2)cc1[N+](=O)[O-]. The van der Waals surface area contributed by atoms with E-state index in [1.165, 1.54) is 6.07 Å². The molecule has 0 heterocycles. The summed E-state index contributed by atoms with van der Waals surface area (Å²) in [4.78, 5) is 25.4. The molecule has 0 fully saturated rings. The molecule has 0 aliphatic rings. The summed E-state index contributed by atoms with van der Waals surface area (Å²) in [6.07, 6.45) is 0. The molecule has 0 radical (unpaired) electrons. The number of hydrogen-bond acceptors (Lipinski definition) is 3. The Labute approximate surface area is 145 Å². The van der Waals surface area contributed by atoms with E-state index in [9.17, 15) is 14.9 Å². The van der Waals surface area contributed by atoms with Crippen LogP contribution in [0.15, 0.2) is 78.9 Å². The summed E-state index contributed by atoms with van der Waals surface area (Å²) in [5, 5.41) is 11.2. The van der Waals surface area contributed by atoms with Gasteiger partial charge >= 0.3 is 0 Å². The maximum Gasteiger partial charge on any atom is 0.273 e. The van der Waals surface area contributed by atoms with E-state index in [1.54, 1.807) is 24.0 Å². The number of benzene rings is 3. The van der Waals surface area contributed by atoms with Crippen LogP contribution in [0, 0.1) is 17.0 Å². The van der Waals surface area contributed by atoms with Crippen LogP contribution in [0.5, 0.6) is 0 Å². The largest absolute Gasteiger partial charge is 0.277 e. The molecule has 0 N–H and O–H groups in total. The number of aryl methyl sites for hydroxylation is 1. The van der Waals surface area contributed by atoms with E-state index in [2.05, 4.69) is 0 Å². The zero-order chi connectivity index (χ0) is 17.8. The number of nitro groups is 1. The van der Waals surface area contributed by atoms with Crippen molar-refractivity contribution < 1.29 is 9.72 Å². The third-order valence-corrected chi connectivity index (χ3v) is 3.88. The fourth-order valence-electron chi connectivity index (χ4n) is 2.61.